The van der Waals surface area contributed by atoms with Crippen LogP contribution in [0.15, 0.2) is 0 Å². The van der Waals surface area contributed by atoms with Crippen molar-refractivity contribution in [1.82, 2.24) is 0 Å². The van der Waals surface area contributed by atoms with Gasteiger partial charge in [0.2, 0.25) is 0 Å². The van der Waals surface area contributed by atoms with E-state index in [2.05, 4.69) is 23.7 Å². The summed E-state index contributed by atoms with van der Waals surface area (Å²) in [5.41, 5.74) is 9.24. The Kier molecular flexibility index (Phi) is 12.4. The molecule has 2 aliphatic heterocycles. The van der Waals surface area contributed by atoms with Crippen molar-refractivity contribution in [3.8, 4) is 0 Å². The fourth-order valence-electron chi connectivity index (χ4n) is 1.37. The van der Waals surface area contributed by atoms with Gasteiger partial charge >= 0.3 is 0 Å². The lowest BCUT2D eigenvalue weighted by Gasteiger charge is -2.08. The van der Waals surface area contributed by atoms with Crippen LogP contribution < -0.4 is 11.5 Å². The van der Waals surface area contributed by atoms with Gasteiger partial charge in [-0.15, -0.1) is 0 Å². The Hall–Kier alpha value is -0.390. The smallest absolute Gasteiger partial charge is 0.160 e. The second-order valence-corrected chi connectivity index (χ2v) is 4.22. The Bertz CT molecular complexity index is 121. The van der Waals surface area contributed by atoms with Gasteiger partial charge in [-0.3, -0.25) is 0 Å². The third-order valence-corrected chi connectivity index (χ3v) is 2.15. The molecule has 2 fully saturated rings. The van der Waals surface area contributed by atoms with Crippen molar-refractivity contribution in [2.75, 3.05) is 26.4 Å². The van der Waals surface area contributed by atoms with Gasteiger partial charge in [0.1, 0.15) is 0 Å². The Morgan fingerprint density at radius 3 is 1.00 bits per heavy atom. The average molecular weight is 248 g/mol. The highest BCUT2D eigenvalue weighted by molar-refractivity contribution is 7.80. The van der Waals surface area contributed by atoms with Crippen LogP contribution in [0.2, 0.25) is 0 Å². The molecule has 0 saturated carbocycles. The van der Waals surface area contributed by atoms with E-state index in [1.807, 2.05) is 0 Å². The molecule has 16 heavy (non-hydrogen) atoms. The predicted molar refractivity (Wildman–Crippen MR) is 70.3 cm³/mol. The van der Waals surface area contributed by atoms with Gasteiger partial charge in [-0.2, -0.15) is 0 Å². The van der Waals surface area contributed by atoms with Crippen molar-refractivity contribution in [3.63, 3.8) is 0 Å². The topological polar surface area (TPSA) is 70.5 Å². The maximum Gasteiger partial charge on any atom is 0.160 e. The molecule has 96 valence electrons. The largest absolute Gasteiger partial charge is 0.381 e. The first-order chi connectivity index (χ1) is 7.73. The third kappa shape index (κ3) is 16.1. The van der Waals surface area contributed by atoms with Crippen LogP contribution in [0.25, 0.3) is 0 Å². The van der Waals surface area contributed by atoms with Gasteiger partial charge in [0.05, 0.1) is 0 Å². The summed E-state index contributed by atoms with van der Waals surface area (Å²) < 4.78 is 10.1. The molecule has 0 radical (unpaired) electrons. The molecule has 0 aliphatic carbocycles. The first-order valence-electron chi connectivity index (χ1n) is 5.94. The molecule has 2 heterocycles. The van der Waals surface area contributed by atoms with Crippen LogP contribution in [0.1, 0.15) is 38.5 Å². The highest BCUT2D eigenvalue weighted by Crippen LogP contribution is 2.02. The highest BCUT2D eigenvalue weighted by Gasteiger charge is 1.95. The summed E-state index contributed by atoms with van der Waals surface area (Å²) in [6.07, 6.45) is 7.86. The number of ether oxygens (including phenoxy) is 2. The Balaban J connectivity index is 0.000000217. The minimum absolute atomic E-state index is 0.000000000000000222. The standard InChI is InChI=1S/2C5H10O.CH4N2S/c2*1-2-4-6-5-3-1;2-1(3)4/h2*1-5H2;(H4,2,3,4). The molecular weight excluding hydrogens is 224 g/mol. The summed E-state index contributed by atoms with van der Waals surface area (Å²) in [4.78, 5) is 0. The molecule has 2 aliphatic rings. The second-order valence-electron chi connectivity index (χ2n) is 3.75. The molecule has 0 unspecified atom stereocenters. The van der Waals surface area contributed by atoms with E-state index in [-0.39, 0.29) is 5.11 Å². The highest BCUT2D eigenvalue weighted by atomic mass is 32.1. The SMILES string of the molecule is C1CCOCC1.C1CCOCC1.NC(N)=S. The Labute approximate surface area is 104 Å². The first kappa shape index (κ1) is 15.6. The quantitative estimate of drug-likeness (QED) is 0.637. The monoisotopic (exact) mass is 248 g/mol. The van der Waals surface area contributed by atoms with E-state index in [9.17, 15) is 0 Å². The molecule has 0 spiro atoms. The van der Waals surface area contributed by atoms with Crippen LogP contribution in [0, 0.1) is 0 Å². The van der Waals surface area contributed by atoms with E-state index in [4.69, 9.17) is 9.47 Å². The average Bonchev–Trinajstić information content (AvgIpc) is 2.34. The number of hydrogen-bond donors (Lipinski definition) is 2. The first-order valence-corrected chi connectivity index (χ1v) is 6.34. The van der Waals surface area contributed by atoms with Crippen molar-refractivity contribution < 1.29 is 9.47 Å². The van der Waals surface area contributed by atoms with Gasteiger partial charge in [-0.1, -0.05) is 0 Å². The summed E-state index contributed by atoms with van der Waals surface area (Å²) in [5, 5.41) is 0.000000000000000222. The zero-order valence-electron chi connectivity index (χ0n) is 9.95. The van der Waals surface area contributed by atoms with Crippen molar-refractivity contribution in [2.45, 2.75) is 38.5 Å². The molecular formula is C11H24N2O2S. The molecule has 2 saturated heterocycles. The fraction of sp³-hybridized carbons (Fsp3) is 0.909. The maximum absolute atomic E-state index is 5.07. The van der Waals surface area contributed by atoms with Crippen molar-refractivity contribution >= 4 is 17.3 Å². The lowest BCUT2D eigenvalue weighted by atomic mass is 10.2. The summed E-state index contributed by atoms with van der Waals surface area (Å²) in [7, 11) is 0. The van der Waals surface area contributed by atoms with Crippen LogP contribution in [0.4, 0.5) is 0 Å². The molecule has 0 aromatic heterocycles. The lowest BCUT2D eigenvalue weighted by molar-refractivity contribution is 0.0967. The van der Waals surface area contributed by atoms with Gasteiger partial charge < -0.3 is 20.9 Å². The zero-order valence-corrected chi connectivity index (χ0v) is 10.8. The summed E-state index contributed by atoms with van der Waals surface area (Å²) in [6.45, 7) is 4.00. The summed E-state index contributed by atoms with van der Waals surface area (Å²) >= 11 is 4.09. The van der Waals surface area contributed by atoms with Crippen LogP contribution in [-0.4, -0.2) is 31.5 Å². The van der Waals surface area contributed by atoms with Crippen molar-refractivity contribution in [1.29, 1.82) is 0 Å². The van der Waals surface area contributed by atoms with Crippen molar-refractivity contribution in [3.05, 3.63) is 0 Å². The van der Waals surface area contributed by atoms with E-state index in [0.29, 0.717) is 0 Å². The molecule has 0 bridgehead atoms. The Morgan fingerprint density at radius 2 is 0.938 bits per heavy atom. The molecule has 0 atom stereocenters. The number of hydrogen-bond acceptors (Lipinski definition) is 3. The molecule has 4 N–H and O–H groups in total. The van der Waals surface area contributed by atoms with E-state index < -0.39 is 0 Å². The zero-order chi connectivity index (χ0) is 12.1. The van der Waals surface area contributed by atoms with Gasteiger partial charge in [0, 0.05) is 26.4 Å². The minimum atomic E-state index is 0.000000000000000222. The van der Waals surface area contributed by atoms with Gasteiger partial charge in [0.15, 0.2) is 5.11 Å². The number of thiocarbonyl (C=S) groups is 1. The summed E-state index contributed by atoms with van der Waals surface area (Å²) in [5.74, 6) is 0. The lowest BCUT2D eigenvalue weighted by Crippen LogP contribution is -2.18. The number of nitrogens with two attached hydrogens (primary N) is 2. The van der Waals surface area contributed by atoms with Gasteiger partial charge in [-0.05, 0) is 50.7 Å². The van der Waals surface area contributed by atoms with Crippen LogP contribution in [0.5, 0.6) is 0 Å². The molecule has 0 aromatic carbocycles. The second kappa shape index (κ2) is 12.7. The van der Waals surface area contributed by atoms with Gasteiger partial charge in [0.25, 0.3) is 0 Å². The number of rotatable bonds is 0. The normalized spacial score (nSPS) is 19.5. The Morgan fingerprint density at radius 1 is 0.688 bits per heavy atom. The van der Waals surface area contributed by atoms with Crippen LogP contribution in [-0.2, 0) is 9.47 Å². The minimum Gasteiger partial charge on any atom is -0.381 e. The van der Waals surface area contributed by atoms with Crippen LogP contribution in [0.3, 0.4) is 0 Å². The molecule has 2 rings (SSSR count). The maximum atomic E-state index is 5.07. The van der Waals surface area contributed by atoms with Gasteiger partial charge in [-0.25, -0.2) is 0 Å². The van der Waals surface area contributed by atoms with E-state index >= 15 is 0 Å². The molecule has 0 aromatic rings. The summed E-state index contributed by atoms with van der Waals surface area (Å²) in [6, 6.07) is 0. The van der Waals surface area contributed by atoms with Crippen molar-refractivity contribution in [2.24, 2.45) is 11.5 Å². The fourth-order valence-corrected chi connectivity index (χ4v) is 1.37. The van der Waals surface area contributed by atoms with E-state index in [0.717, 1.165) is 26.4 Å². The molecule has 5 heteroatoms. The molecule has 0 amide bonds. The van der Waals surface area contributed by atoms with Crippen LogP contribution >= 0.6 is 12.2 Å². The van der Waals surface area contributed by atoms with E-state index in [1.165, 1.54) is 38.5 Å². The third-order valence-electron chi connectivity index (χ3n) is 2.15. The van der Waals surface area contributed by atoms with E-state index in [1.54, 1.807) is 0 Å². The molecule has 4 nitrogen and oxygen atoms in total. The predicted octanol–water partition coefficient (Wildman–Crippen LogP) is 1.56.